The van der Waals surface area contributed by atoms with Crippen LogP contribution in [0.5, 0.6) is 11.5 Å². The number of nitrogens with zero attached hydrogens (tertiary/aromatic N) is 2. The zero-order valence-corrected chi connectivity index (χ0v) is 25.8. The van der Waals surface area contributed by atoms with E-state index in [1.165, 1.54) is 16.9 Å². The summed E-state index contributed by atoms with van der Waals surface area (Å²) >= 11 is 2.04. The third-order valence-corrected chi connectivity index (χ3v) is 10.4. The van der Waals surface area contributed by atoms with Crippen LogP contribution in [0.1, 0.15) is 52.0 Å². The number of imide groups is 2. The molecular formula is C32H33IN2O6. The maximum absolute atomic E-state index is 14.4. The van der Waals surface area contributed by atoms with Crippen LogP contribution in [-0.4, -0.2) is 46.3 Å². The lowest BCUT2D eigenvalue weighted by molar-refractivity contribution is -0.145. The van der Waals surface area contributed by atoms with Gasteiger partial charge in [-0.3, -0.25) is 24.1 Å². The molecule has 2 aromatic carbocycles. The predicted octanol–water partition coefficient (Wildman–Crippen LogP) is 5.03. The lowest BCUT2D eigenvalue weighted by atomic mass is 9.51. The quantitative estimate of drug-likeness (QED) is 0.280. The van der Waals surface area contributed by atoms with Crippen molar-refractivity contribution in [3.05, 3.63) is 63.2 Å². The summed E-state index contributed by atoms with van der Waals surface area (Å²) in [5.41, 5.74) is 0.323. The van der Waals surface area contributed by atoms with Crippen molar-refractivity contribution < 1.29 is 29.0 Å². The van der Waals surface area contributed by atoms with Gasteiger partial charge in [0.25, 0.3) is 0 Å². The Morgan fingerprint density at radius 2 is 1.68 bits per heavy atom. The molecule has 1 saturated carbocycles. The van der Waals surface area contributed by atoms with Crippen molar-refractivity contribution in [3.63, 3.8) is 0 Å². The summed E-state index contributed by atoms with van der Waals surface area (Å²) in [6.07, 6.45) is 2.73. The molecule has 0 aromatic heterocycles. The van der Waals surface area contributed by atoms with Crippen molar-refractivity contribution in [1.29, 1.82) is 0 Å². The normalized spacial score (nSPS) is 31.2. The van der Waals surface area contributed by atoms with Gasteiger partial charge in [-0.15, -0.1) is 0 Å². The standard InChI is InChI=1S/C32H33IN2O6/c1-31(2,3)35-27(37)19-12-11-18-20(24(19)29(35)39)15-21-28(38)34(17-9-7-6-8-10-17)30(40)32(21,4)25(18)16-13-22(33)26(36)23(14-16)41-5/h6-11,13-14,19-21,24-25,36H,12,15H2,1-5H3. The molecule has 2 aliphatic carbocycles. The number of phenolic OH excluding ortho intramolecular Hbond substituents is 1. The molecule has 9 heteroatoms. The lowest BCUT2D eigenvalue weighted by Gasteiger charge is -2.49. The Morgan fingerprint density at radius 3 is 2.32 bits per heavy atom. The van der Waals surface area contributed by atoms with Crippen molar-refractivity contribution in [1.82, 2.24) is 4.90 Å². The SMILES string of the molecule is COc1cc(C2C3=CCC4C(=O)N(C(C)(C)C)C(=O)C4C3CC3C(=O)N(c4ccccc4)C(=O)C32C)cc(I)c1O. The molecule has 214 valence electrons. The highest BCUT2D eigenvalue weighted by atomic mass is 127. The van der Waals surface area contributed by atoms with Crippen molar-refractivity contribution >= 4 is 51.9 Å². The highest BCUT2D eigenvalue weighted by Crippen LogP contribution is 2.64. The number of hydrogen-bond donors (Lipinski definition) is 1. The van der Waals surface area contributed by atoms with Gasteiger partial charge in [0, 0.05) is 11.5 Å². The highest BCUT2D eigenvalue weighted by Gasteiger charge is 2.68. The summed E-state index contributed by atoms with van der Waals surface area (Å²) < 4.78 is 6.04. The van der Waals surface area contributed by atoms with E-state index in [0.717, 1.165) is 11.1 Å². The molecule has 8 nitrogen and oxygen atoms in total. The topological polar surface area (TPSA) is 104 Å². The first-order valence-electron chi connectivity index (χ1n) is 13.9. The summed E-state index contributed by atoms with van der Waals surface area (Å²) in [6, 6.07) is 12.5. The molecule has 41 heavy (non-hydrogen) atoms. The number of amides is 4. The summed E-state index contributed by atoms with van der Waals surface area (Å²) in [7, 11) is 1.47. The van der Waals surface area contributed by atoms with Crippen LogP contribution < -0.4 is 9.64 Å². The van der Waals surface area contributed by atoms with E-state index >= 15 is 0 Å². The van der Waals surface area contributed by atoms with E-state index < -0.39 is 34.6 Å². The Balaban J connectivity index is 1.55. The largest absolute Gasteiger partial charge is 0.504 e. The number of allylic oxidation sites excluding steroid dienone is 2. The molecule has 6 atom stereocenters. The lowest BCUT2D eigenvalue weighted by Crippen LogP contribution is -2.49. The van der Waals surface area contributed by atoms with Crippen molar-refractivity contribution in [2.75, 3.05) is 12.0 Å². The Bertz CT molecular complexity index is 1530. The second-order valence-corrected chi connectivity index (χ2v) is 13.9. The van der Waals surface area contributed by atoms with Crippen molar-refractivity contribution in [3.8, 4) is 11.5 Å². The minimum absolute atomic E-state index is 0.000670. The van der Waals surface area contributed by atoms with E-state index in [1.807, 2.05) is 68.5 Å². The van der Waals surface area contributed by atoms with Gasteiger partial charge in [0.05, 0.1) is 39.5 Å². The first-order chi connectivity index (χ1) is 19.3. The molecule has 6 rings (SSSR count). The first-order valence-corrected chi connectivity index (χ1v) is 15.0. The van der Waals surface area contributed by atoms with Gasteiger partial charge in [0.15, 0.2) is 11.5 Å². The van der Waals surface area contributed by atoms with Gasteiger partial charge >= 0.3 is 0 Å². The van der Waals surface area contributed by atoms with Crippen LogP contribution in [0, 0.1) is 32.7 Å². The fourth-order valence-corrected chi connectivity index (χ4v) is 8.42. The molecule has 2 saturated heterocycles. The van der Waals surface area contributed by atoms with E-state index in [4.69, 9.17) is 4.74 Å². The smallest absolute Gasteiger partial charge is 0.241 e. The molecule has 2 aromatic rings. The second kappa shape index (κ2) is 9.40. The molecule has 2 aliphatic heterocycles. The van der Waals surface area contributed by atoms with E-state index in [0.29, 0.717) is 22.1 Å². The third kappa shape index (κ3) is 3.83. The summed E-state index contributed by atoms with van der Waals surface area (Å²) in [5, 5.41) is 10.6. The van der Waals surface area contributed by atoms with E-state index in [9.17, 15) is 24.3 Å². The Labute approximate surface area is 252 Å². The number of ether oxygens (including phenoxy) is 1. The number of anilines is 1. The molecule has 1 N–H and O–H groups in total. The van der Waals surface area contributed by atoms with Crippen LogP contribution in [0.4, 0.5) is 5.69 Å². The van der Waals surface area contributed by atoms with Crippen LogP contribution >= 0.6 is 22.6 Å². The number of hydrogen-bond acceptors (Lipinski definition) is 6. The van der Waals surface area contributed by atoms with E-state index in [2.05, 4.69) is 0 Å². The zero-order valence-electron chi connectivity index (χ0n) is 23.7. The maximum atomic E-state index is 14.4. The van der Waals surface area contributed by atoms with Crippen LogP contribution in [-0.2, 0) is 19.2 Å². The minimum Gasteiger partial charge on any atom is -0.504 e. The number of carbonyl (C=O) groups is 4. The number of halogens is 1. The fourth-order valence-electron chi connectivity index (χ4n) is 7.80. The number of carbonyl (C=O) groups excluding carboxylic acids is 4. The number of rotatable bonds is 3. The van der Waals surface area contributed by atoms with Gasteiger partial charge in [0.2, 0.25) is 23.6 Å². The zero-order chi connectivity index (χ0) is 29.6. The molecule has 0 spiro atoms. The Morgan fingerprint density at radius 1 is 1.00 bits per heavy atom. The first kappa shape index (κ1) is 27.9. The number of methoxy groups -OCH3 is 1. The van der Waals surface area contributed by atoms with Crippen molar-refractivity contribution in [2.45, 2.75) is 52.0 Å². The second-order valence-electron chi connectivity index (χ2n) is 12.7. The van der Waals surface area contributed by atoms with Gasteiger partial charge in [-0.2, -0.15) is 0 Å². The number of para-hydroxylation sites is 1. The average Bonchev–Trinajstić information content (AvgIpc) is 3.30. The molecule has 6 unspecified atom stereocenters. The van der Waals surface area contributed by atoms with Gasteiger partial charge < -0.3 is 9.84 Å². The maximum Gasteiger partial charge on any atom is 0.241 e. The van der Waals surface area contributed by atoms with Gasteiger partial charge in [0.1, 0.15) is 0 Å². The van der Waals surface area contributed by atoms with Crippen LogP contribution in [0.3, 0.4) is 0 Å². The highest BCUT2D eigenvalue weighted by molar-refractivity contribution is 14.1. The van der Waals surface area contributed by atoms with E-state index in [1.54, 1.807) is 30.3 Å². The molecule has 0 bridgehead atoms. The monoisotopic (exact) mass is 668 g/mol. The van der Waals surface area contributed by atoms with Crippen LogP contribution in [0.15, 0.2) is 54.1 Å². The molecule has 2 heterocycles. The number of benzene rings is 2. The number of aromatic hydroxyl groups is 1. The van der Waals surface area contributed by atoms with E-state index in [-0.39, 0.29) is 41.0 Å². The van der Waals surface area contributed by atoms with Crippen molar-refractivity contribution in [2.24, 2.45) is 29.1 Å². The molecular weight excluding hydrogens is 635 g/mol. The molecule has 4 amide bonds. The third-order valence-electron chi connectivity index (χ3n) is 9.56. The summed E-state index contributed by atoms with van der Waals surface area (Å²) in [6.45, 7) is 7.42. The summed E-state index contributed by atoms with van der Waals surface area (Å²) in [4.78, 5) is 58.8. The average molecular weight is 669 g/mol. The number of fused-ring (bicyclic) bond motifs is 4. The van der Waals surface area contributed by atoms with Gasteiger partial charge in [-0.05, 0) is 98.9 Å². The van der Waals surface area contributed by atoms with Crippen LogP contribution in [0.2, 0.25) is 0 Å². The Hall–Kier alpha value is -3.21. The van der Waals surface area contributed by atoms with Crippen LogP contribution in [0.25, 0.3) is 0 Å². The molecule has 3 fully saturated rings. The number of phenols is 1. The summed E-state index contributed by atoms with van der Waals surface area (Å²) in [5.74, 6) is -3.44. The minimum atomic E-state index is -1.15. The Kier molecular flexibility index (Phi) is 6.41. The number of likely N-dealkylation sites (tertiary alicyclic amines) is 1. The van der Waals surface area contributed by atoms with Gasteiger partial charge in [-0.25, -0.2) is 4.90 Å². The fraction of sp³-hybridized carbons (Fsp3) is 0.438. The molecule has 0 radical (unpaired) electrons. The predicted molar refractivity (Wildman–Crippen MR) is 160 cm³/mol. The van der Waals surface area contributed by atoms with Gasteiger partial charge in [-0.1, -0.05) is 29.8 Å². The molecule has 4 aliphatic rings.